The summed E-state index contributed by atoms with van der Waals surface area (Å²) < 4.78 is 5.83. The van der Waals surface area contributed by atoms with Gasteiger partial charge in [0.05, 0.1) is 5.92 Å². The average Bonchev–Trinajstić information content (AvgIpc) is 2.96. The third kappa shape index (κ3) is 3.51. The molecule has 4 nitrogen and oxygen atoms in total. The van der Waals surface area contributed by atoms with Gasteiger partial charge in [-0.15, -0.1) is 6.58 Å². The first-order chi connectivity index (χ1) is 12.2. The quantitative estimate of drug-likeness (QED) is 0.406. The summed E-state index contributed by atoms with van der Waals surface area (Å²) in [5.41, 5.74) is 3.68. The number of allylic oxidation sites excluding steroid dienone is 5. The highest BCUT2D eigenvalue weighted by Gasteiger charge is 2.61. The van der Waals surface area contributed by atoms with Crippen molar-refractivity contribution in [1.82, 2.24) is 0 Å². The summed E-state index contributed by atoms with van der Waals surface area (Å²) >= 11 is 0. The van der Waals surface area contributed by atoms with Gasteiger partial charge >= 0.3 is 5.97 Å². The van der Waals surface area contributed by atoms with Gasteiger partial charge in [-0.3, -0.25) is 4.79 Å². The Labute approximate surface area is 156 Å². The van der Waals surface area contributed by atoms with E-state index in [4.69, 9.17) is 4.74 Å². The Morgan fingerprint density at radius 1 is 1.35 bits per heavy atom. The number of esters is 1. The molecule has 0 aromatic carbocycles. The second-order valence-corrected chi connectivity index (χ2v) is 7.93. The van der Waals surface area contributed by atoms with Gasteiger partial charge in [-0.25, -0.2) is 0 Å². The van der Waals surface area contributed by atoms with E-state index in [0.29, 0.717) is 18.4 Å². The van der Waals surface area contributed by atoms with E-state index in [1.54, 1.807) is 6.08 Å². The molecule has 2 rings (SSSR count). The SMILES string of the molecule is C=CCC1=C(C)C(OC(=O)[C@@H]2[C@@H](C=C(C)C)C2(C)C)CC1=C(C#N)C#N. The molecule has 0 radical (unpaired) electrons. The Morgan fingerprint density at radius 3 is 2.46 bits per heavy atom. The van der Waals surface area contributed by atoms with Crippen LogP contribution in [0.5, 0.6) is 0 Å². The Balaban J connectivity index is 2.24. The second kappa shape index (κ2) is 7.34. The number of nitrogens with zero attached hydrogens (tertiary/aromatic N) is 2. The van der Waals surface area contributed by atoms with Crippen LogP contribution in [0.4, 0.5) is 0 Å². The summed E-state index contributed by atoms with van der Waals surface area (Å²) in [6, 6.07) is 3.91. The maximum Gasteiger partial charge on any atom is 0.310 e. The van der Waals surface area contributed by atoms with Crippen molar-refractivity contribution in [3.63, 3.8) is 0 Å². The van der Waals surface area contributed by atoms with E-state index >= 15 is 0 Å². The molecule has 1 saturated carbocycles. The van der Waals surface area contributed by atoms with Crippen LogP contribution in [-0.2, 0) is 9.53 Å². The lowest BCUT2D eigenvalue weighted by molar-refractivity contribution is -0.149. The van der Waals surface area contributed by atoms with Crippen molar-refractivity contribution in [2.24, 2.45) is 17.3 Å². The number of nitriles is 2. The van der Waals surface area contributed by atoms with E-state index in [1.807, 2.05) is 32.9 Å². The zero-order valence-corrected chi connectivity index (χ0v) is 16.2. The van der Waals surface area contributed by atoms with Gasteiger partial charge in [0.2, 0.25) is 0 Å². The van der Waals surface area contributed by atoms with Gasteiger partial charge in [0.25, 0.3) is 0 Å². The maximum atomic E-state index is 12.8. The molecular weight excluding hydrogens is 324 g/mol. The monoisotopic (exact) mass is 350 g/mol. The number of rotatable bonds is 5. The molecule has 3 atom stereocenters. The second-order valence-electron chi connectivity index (χ2n) is 7.93. The van der Waals surface area contributed by atoms with Crippen molar-refractivity contribution in [1.29, 1.82) is 10.5 Å². The molecule has 0 amide bonds. The fraction of sp³-hybridized carbons (Fsp3) is 0.500. The fourth-order valence-corrected chi connectivity index (χ4v) is 3.88. The third-order valence-corrected chi connectivity index (χ3v) is 5.52. The summed E-state index contributed by atoms with van der Waals surface area (Å²) in [7, 11) is 0. The van der Waals surface area contributed by atoms with Crippen LogP contribution in [-0.4, -0.2) is 12.1 Å². The number of ether oxygens (including phenoxy) is 1. The molecule has 1 fully saturated rings. The summed E-state index contributed by atoms with van der Waals surface area (Å²) in [4.78, 5) is 12.8. The first kappa shape index (κ1) is 19.7. The minimum absolute atomic E-state index is 0.0916. The van der Waals surface area contributed by atoms with Gasteiger partial charge < -0.3 is 4.74 Å². The third-order valence-electron chi connectivity index (χ3n) is 5.52. The van der Waals surface area contributed by atoms with Crippen molar-refractivity contribution >= 4 is 5.97 Å². The summed E-state index contributed by atoms with van der Waals surface area (Å²) in [6.07, 6.45) is 4.41. The molecular formula is C22H26N2O2. The molecule has 0 aliphatic heterocycles. The highest BCUT2D eigenvalue weighted by atomic mass is 16.5. The van der Waals surface area contributed by atoms with Crippen molar-refractivity contribution in [3.8, 4) is 12.1 Å². The van der Waals surface area contributed by atoms with Crippen LogP contribution >= 0.6 is 0 Å². The topological polar surface area (TPSA) is 73.9 Å². The Morgan fingerprint density at radius 2 is 1.96 bits per heavy atom. The Bertz CT molecular complexity index is 792. The van der Waals surface area contributed by atoms with Gasteiger partial charge in [-0.05, 0) is 55.2 Å². The van der Waals surface area contributed by atoms with Gasteiger partial charge in [-0.2, -0.15) is 10.5 Å². The summed E-state index contributed by atoms with van der Waals surface area (Å²) in [6.45, 7) is 13.9. The van der Waals surface area contributed by atoms with Crippen molar-refractivity contribution in [2.45, 2.75) is 53.6 Å². The molecule has 0 spiro atoms. The van der Waals surface area contributed by atoms with E-state index in [0.717, 1.165) is 11.1 Å². The normalized spacial score (nSPS) is 25.8. The zero-order chi connectivity index (χ0) is 19.6. The number of carbonyl (C=O) groups is 1. The van der Waals surface area contributed by atoms with Crippen LogP contribution in [0.25, 0.3) is 0 Å². The summed E-state index contributed by atoms with van der Waals surface area (Å²) in [5.74, 6) is -0.147. The Kier molecular flexibility index (Phi) is 5.57. The van der Waals surface area contributed by atoms with Crippen LogP contribution < -0.4 is 0 Å². The van der Waals surface area contributed by atoms with Crippen molar-refractivity contribution in [2.75, 3.05) is 0 Å². The van der Waals surface area contributed by atoms with E-state index in [2.05, 4.69) is 26.5 Å². The minimum Gasteiger partial charge on any atom is -0.457 e. The number of carbonyl (C=O) groups excluding carboxylic acids is 1. The lowest BCUT2D eigenvalue weighted by Gasteiger charge is -2.14. The van der Waals surface area contributed by atoms with Crippen molar-refractivity contribution in [3.05, 3.63) is 46.6 Å². The highest BCUT2D eigenvalue weighted by molar-refractivity contribution is 5.79. The molecule has 4 heteroatoms. The molecule has 0 saturated heterocycles. The smallest absolute Gasteiger partial charge is 0.310 e. The van der Waals surface area contributed by atoms with Crippen LogP contribution in [0, 0.1) is 39.9 Å². The fourth-order valence-electron chi connectivity index (χ4n) is 3.88. The number of hydrogen-bond acceptors (Lipinski definition) is 4. The van der Waals surface area contributed by atoms with E-state index in [-0.39, 0.29) is 28.8 Å². The molecule has 0 aromatic heterocycles. The standard InChI is InChI=1S/C22H26N2O2/c1-7-8-16-14(4)19(10-17(16)15(11-23)12-24)26-21(25)20-18(9-13(2)3)22(20,5)6/h7,9,18-20H,1,8,10H2,2-6H3/t18-,19?,20+/m1/s1. The average molecular weight is 350 g/mol. The molecule has 0 aromatic rings. The number of hydrogen-bond donors (Lipinski definition) is 0. The van der Waals surface area contributed by atoms with Crippen LogP contribution in [0.3, 0.4) is 0 Å². The van der Waals surface area contributed by atoms with E-state index in [9.17, 15) is 15.3 Å². The molecule has 26 heavy (non-hydrogen) atoms. The van der Waals surface area contributed by atoms with Gasteiger partial charge in [0.1, 0.15) is 23.8 Å². The molecule has 1 unspecified atom stereocenters. The molecule has 136 valence electrons. The maximum absolute atomic E-state index is 12.8. The predicted octanol–water partition coefficient (Wildman–Crippen LogP) is 4.78. The molecule has 2 aliphatic rings. The molecule has 0 bridgehead atoms. The van der Waals surface area contributed by atoms with Crippen LogP contribution in [0.1, 0.15) is 47.5 Å². The van der Waals surface area contributed by atoms with Gasteiger partial charge in [0.15, 0.2) is 0 Å². The van der Waals surface area contributed by atoms with Crippen LogP contribution in [0.15, 0.2) is 46.6 Å². The van der Waals surface area contributed by atoms with Gasteiger partial charge in [0, 0.05) is 6.42 Å². The lowest BCUT2D eigenvalue weighted by atomic mass is 10.00. The predicted molar refractivity (Wildman–Crippen MR) is 100 cm³/mol. The highest BCUT2D eigenvalue weighted by Crippen LogP contribution is 2.60. The van der Waals surface area contributed by atoms with Crippen LogP contribution in [0.2, 0.25) is 0 Å². The summed E-state index contributed by atoms with van der Waals surface area (Å²) in [5, 5.41) is 18.4. The Hall–Kier alpha value is -2.59. The zero-order valence-electron chi connectivity index (χ0n) is 16.2. The lowest BCUT2D eigenvalue weighted by Crippen LogP contribution is -2.20. The first-order valence-electron chi connectivity index (χ1n) is 8.88. The van der Waals surface area contributed by atoms with E-state index in [1.165, 1.54) is 5.57 Å². The minimum atomic E-state index is -0.409. The van der Waals surface area contributed by atoms with Gasteiger partial charge in [-0.1, -0.05) is 31.6 Å². The molecule has 0 heterocycles. The molecule has 0 N–H and O–H groups in total. The van der Waals surface area contributed by atoms with Crippen molar-refractivity contribution < 1.29 is 9.53 Å². The molecule has 2 aliphatic carbocycles. The largest absolute Gasteiger partial charge is 0.457 e. The first-order valence-corrected chi connectivity index (χ1v) is 8.88. The van der Waals surface area contributed by atoms with E-state index < -0.39 is 6.10 Å².